The lowest BCUT2D eigenvalue weighted by Gasteiger charge is -2.22. The van der Waals surface area contributed by atoms with E-state index in [0.717, 1.165) is 29.7 Å². The number of nitrogens with one attached hydrogen (secondary N) is 1. The number of carbonyl (C=O) groups is 1. The van der Waals surface area contributed by atoms with Crippen molar-refractivity contribution in [2.45, 2.75) is 24.7 Å². The molecule has 8 heteroatoms. The molecule has 4 aromatic rings. The van der Waals surface area contributed by atoms with Crippen LogP contribution in [0.1, 0.15) is 18.4 Å². The van der Waals surface area contributed by atoms with Crippen LogP contribution in [0, 0.1) is 12.8 Å². The van der Waals surface area contributed by atoms with Gasteiger partial charge in [-0.1, -0.05) is 66.2 Å². The first kappa shape index (κ1) is 24.0. The van der Waals surface area contributed by atoms with Crippen LogP contribution < -0.4 is 5.32 Å². The number of amides is 1. The van der Waals surface area contributed by atoms with E-state index in [0.29, 0.717) is 18.2 Å². The van der Waals surface area contributed by atoms with E-state index in [-0.39, 0.29) is 17.4 Å². The number of hydrogen-bond donors (Lipinski definition) is 1. The van der Waals surface area contributed by atoms with Crippen LogP contribution in [-0.2, 0) is 14.8 Å². The highest BCUT2D eigenvalue weighted by Gasteiger charge is 2.33. The smallest absolute Gasteiger partial charge is 0.243 e. The summed E-state index contributed by atoms with van der Waals surface area (Å²) in [5.74, 6) is 0.187. The number of nitrogens with zero attached hydrogens (tertiary/aromatic N) is 3. The lowest BCUT2D eigenvalue weighted by Crippen LogP contribution is -2.39. The molecule has 0 aliphatic heterocycles. The Kier molecular flexibility index (Phi) is 6.71. The molecule has 0 atom stereocenters. The molecule has 0 saturated heterocycles. The Labute approximate surface area is 211 Å². The van der Waals surface area contributed by atoms with Crippen LogP contribution in [0.15, 0.2) is 96.0 Å². The highest BCUT2D eigenvalue weighted by Crippen LogP contribution is 2.32. The molecule has 5 rings (SSSR count). The van der Waals surface area contributed by atoms with Gasteiger partial charge in [0.25, 0.3) is 0 Å². The molecular weight excluding hydrogens is 472 g/mol. The molecule has 3 aromatic carbocycles. The Bertz CT molecular complexity index is 1450. The molecule has 1 aliphatic rings. The van der Waals surface area contributed by atoms with Gasteiger partial charge < -0.3 is 0 Å². The minimum atomic E-state index is -3.82. The minimum Gasteiger partial charge on any atom is -0.294 e. The van der Waals surface area contributed by atoms with Gasteiger partial charge in [-0.05, 0) is 49.9 Å². The maximum atomic E-state index is 13.4. The number of anilines is 1. The van der Waals surface area contributed by atoms with E-state index in [2.05, 4.69) is 10.3 Å². The molecule has 0 radical (unpaired) electrons. The van der Waals surface area contributed by atoms with E-state index in [1.165, 1.54) is 4.31 Å². The van der Waals surface area contributed by atoms with Crippen LogP contribution in [0.2, 0.25) is 0 Å². The Morgan fingerprint density at radius 2 is 1.61 bits per heavy atom. The Morgan fingerprint density at radius 3 is 2.25 bits per heavy atom. The summed E-state index contributed by atoms with van der Waals surface area (Å²) in [6, 6.07) is 26.0. The molecule has 1 aliphatic carbocycles. The number of para-hydroxylation sites is 1. The first-order valence-corrected chi connectivity index (χ1v) is 13.4. The summed E-state index contributed by atoms with van der Waals surface area (Å²) in [4.78, 5) is 18.1. The highest BCUT2D eigenvalue weighted by atomic mass is 32.2. The van der Waals surface area contributed by atoms with Gasteiger partial charge in [0.1, 0.15) is 0 Å². The van der Waals surface area contributed by atoms with Crippen molar-refractivity contribution in [3.8, 4) is 16.9 Å². The Balaban J connectivity index is 1.42. The topological polar surface area (TPSA) is 84.3 Å². The third kappa shape index (κ3) is 5.40. The van der Waals surface area contributed by atoms with Gasteiger partial charge in [-0.15, -0.1) is 0 Å². The molecule has 1 aromatic heterocycles. The maximum Gasteiger partial charge on any atom is 0.243 e. The van der Waals surface area contributed by atoms with Gasteiger partial charge in [0.15, 0.2) is 0 Å². The van der Waals surface area contributed by atoms with Gasteiger partial charge in [-0.25, -0.2) is 13.4 Å². The van der Waals surface area contributed by atoms with E-state index >= 15 is 0 Å². The standard InChI is InChI=1S/C28H28N4O3S/c1-21-12-16-25(17-13-21)36(34,35)31(18-22-14-15-22)20-27(33)30-28-29-26(23-8-4-2-5-9-23)19-32(28)24-10-6-3-7-11-24/h2-13,16-17,19,22H,14-15,18,20H2,1H3,(H,29,30,33). The van der Waals surface area contributed by atoms with E-state index in [1.54, 1.807) is 28.8 Å². The lowest BCUT2D eigenvalue weighted by molar-refractivity contribution is -0.116. The summed E-state index contributed by atoms with van der Waals surface area (Å²) < 4.78 is 29.9. The van der Waals surface area contributed by atoms with E-state index in [4.69, 9.17) is 0 Å². The van der Waals surface area contributed by atoms with Gasteiger partial charge in [-0.2, -0.15) is 4.31 Å². The molecule has 1 saturated carbocycles. The van der Waals surface area contributed by atoms with E-state index in [9.17, 15) is 13.2 Å². The quantitative estimate of drug-likeness (QED) is 0.355. The number of imidazole rings is 1. The molecular formula is C28H28N4O3S. The van der Waals surface area contributed by atoms with Crippen molar-refractivity contribution < 1.29 is 13.2 Å². The summed E-state index contributed by atoms with van der Waals surface area (Å²) in [7, 11) is -3.82. The largest absolute Gasteiger partial charge is 0.294 e. The molecule has 7 nitrogen and oxygen atoms in total. The molecule has 1 amide bonds. The fraction of sp³-hybridized carbons (Fsp3) is 0.214. The maximum absolute atomic E-state index is 13.4. The van der Waals surface area contributed by atoms with Crippen molar-refractivity contribution in [2.75, 3.05) is 18.4 Å². The van der Waals surface area contributed by atoms with Crippen molar-refractivity contribution in [3.63, 3.8) is 0 Å². The third-order valence-electron chi connectivity index (χ3n) is 6.20. The fourth-order valence-electron chi connectivity index (χ4n) is 4.02. The Morgan fingerprint density at radius 1 is 0.972 bits per heavy atom. The monoisotopic (exact) mass is 500 g/mol. The first-order chi connectivity index (χ1) is 17.4. The number of hydrogen-bond acceptors (Lipinski definition) is 4. The molecule has 1 N–H and O–H groups in total. The average molecular weight is 501 g/mol. The second-order valence-electron chi connectivity index (χ2n) is 9.12. The Hall–Kier alpha value is -3.75. The van der Waals surface area contributed by atoms with Crippen LogP contribution in [0.3, 0.4) is 0 Å². The number of benzene rings is 3. The zero-order valence-corrected chi connectivity index (χ0v) is 20.9. The number of carbonyl (C=O) groups excluding carboxylic acids is 1. The summed E-state index contributed by atoms with van der Waals surface area (Å²) in [6.45, 7) is 1.95. The molecule has 0 spiro atoms. The summed E-state index contributed by atoms with van der Waals surface area (Å²) in [5.41, 5.74) is 3.43. The third-order valence-corrected chi connectivity index (χ3v) is 8.02. The van der Waals surface area contributed by atoms with Crippen molar-refractivity contribution in [1.29, 1.82) is 0 Å². The normalized spacial score (nSPS) is 13.6. The van der Waals surface area contributed by atoms with E-state index in [1.807, 2.05) is 73.8 Å². The molecule has 184 valence electrons. The zero-order valence-electron chi connectivity index (χ0n) is 20.0. The van der Waals surface area contributed by atoms with Gasteiger partial charge >= 0.3 is 0 Å². The number of sulfonamides is 1. The van der Waals surface area contributed by atoms with Crippen LogP contribution in [-0.4, -0.2) is 41.3 Å². The van der Waals surface area contributed by atoms with Gasteiger partial charge in [-0.3, -0.25) is 14.7 Å². The predicted molar refractivity (Wildman–Crippen MR) is 140 cm³/mol. The second kappa shape index (κ2) is 10.1. The van der Waals surface area contributed by atoms with Gasteiger partial charge in [0, 0.05) is 24.0 Å². The molecule has 0 unspecified atom stereocenters. The van der Waals surface area contributed by atoms with Crippen molar-refractivity contribution in [1.82, 2.24) is 13.9 Å². The molecule has 1 fully saturated rings. The second-order valence-corrected chi connectivity index (χ2v) is 11.1. The molecule has 1 heterocycles. The van der Waals surface area contributed by atoms with Crippen LogP contribution in [0.4, 0.5) is 5.95 Å². The highest BCUT2D eigenvalue weighted by molar-refractivity contribution is 7.89. The van der Waals surface area contributed by atoms with Crippen molar-refractivity contribution >= 4 is 21.9 Å². The van der Waals surface area contributed by atoms with Gasteiger partial charge in [0.2, 0.25) is 21.9 Å². The van der Waals surface area contributed by atoms with E-state index < -0.39 is 15.9 Å². The fourth-order valence-corrected chi connectivity index (χ4v) is 5.49. The average Bonchev–Trinajstić information content (AvgIpc) is 3.62. The molecule has 36 heavy (non-hydrogen) atoms. The predicted octanol–water partition coefficient (Wildman–Crippen LogP) is 4.89. The summed E-state index contributed by atoms with van der Waals surface area (Å²) >= 11 is 0. The SMILES string of the molecule is Cc1ccc(S(=O)(=O)N(CC(=O)Nc2nc(-c3ccccc3)cn2-c2ccccc2)CC2CC2)cc1. The number of aromatic nitrogens is 2. The van der Waals surface area contributed by atoms with Gasteiger partial charge in [0.05, 0.1) is 17.1 Å². The molecule has 0 bridgehead atoms. The summed E-state index contributed by atoms with van der Waals surface area (Å²) in [5, 5.41) is 2.86. The minimum absolute atomic E-state index is 0.193. The number of aryl methyl sites for hydroxylation is 1. The van der Waals surface area contributed by atoms with Crippen LogP contribution in [0.5, 0.6) is 0 Å². The van der Waals surface area contributed by atoms with Crippen molar-refractivity contribution in [2.24, 2.45) is 5.92 Å². The first-order valence-electron chi connectivity index (χ1n) is 12.0. The number of rotatable bonds is 9. The zero-order chi connectivity index (χ0) is 25.1. The summed E-state index contributed by atoms with van der Waals surface area (Å²) in [6.07, 6.45) is 3.81. The lowest BCUT2D eigenvalue weighted by atomic mass is 10.2. The van der Waals surface area contributed by atoms with Crippen molar-refractivity contribution in [3.05, 3.63) is 96.7 Å². The van der Waals surface area contributed by atoms with Crippen LogP contribution >= 0.6 is 0 Å². The van der Waals surface area contributed by atoms with Crippen LogP contribution in [0.25, 0.3) is 16.9 Å².